The fraction of sp³-hybridized carbons (Fsp3) is 0.545. The molecule has 4 rings (SSSR count). The number of benzene rings is 1. The highest BCUT2D eigenvalue weighted by Gasteiger charge is 2.24. The molecule has 1 atom stereocenters. The first-order valence-corrected chi connectivity index (χ1v) is 10.6. The second kappa shape index (κ2) is 9.39. The maximum Gasteiger partial charge on any atom is 0.239 e. The summed E-state index contributed by atoms with van der Waals surface area (Å²) < 4.78 is 20.8. The van der Waals surface area contributed by atoms with Crippen LogP contribution in [0.4, 0.5) is 10.2 Å². The van der Waals surface area contributed by atoms with Gasteiger partial charge in [0.05, 0.1) is 25.4 Å². The van der Waals surface area contributed by atoms with Crippen molar-refractivity contribution in [1.29, 1.82) is 0 Å². The SMILES string of the molecule is O=C(CN1CCC[C@@H](COc2ccc(F)cc2)C1)Nc1ccnn1C1CCCC1. The average molecular weight is 400 g/mol. The Morgan fingerprint density at radius 3 is 2.72 bits per heavy atom. The quantitative estimate of drug-likeness (QED) is 0.767. The van der Waals surface area contributed by atoms with Crippen LogP contribution in [0.5, 0.6) is 5.75 Å². The van der Waals surface area contributed by atoms with Crippen LogP contribution >= 0.6 is 0 Å². The molecule has 2 aromatic rings. The number of anilines is 1. The highest BCUT2D eigenvalue weighted by atomic mass is 19.1. The normalized spacial score (nSPS) is 20.7. The molecule has 1 saturated carbocycles. The number of hydrogen-bond donors (Lipinski definition) is 1. The molecule has 0 bridgehead atoms. The minimum atomic E-state index is -0.263. The molecule has 156 valence electrons. The molecule has 1 aliphatic heterocycles. The van der Waals surface area contributed by atoms with Gasteiger partial charge in [-0.05, 0) is 56.5 Å². The summed E-state index contributed by atoms with van der Waals surface area (Å²) in [5.74, 6) is 1.59. The van der Waals surface area contributed by atoms with Gasteiger partial charge in [0.15, 0.2) is 0 Å². The van der Waals surface area contributed by atoms with Crippen LogP contribution in [0.1, 0.15) is 44.6 Å². The van der Waals surface area contributed by atoms with Crippen molar-refractivity contribution in [1.82, 2.24) is 14.7 Å². The van der Waals surface area contributed by atoms with Crippen LogP contribution in [-0.4, -0.2) is 46.8 Å². The summed E-state index contributed by atoms with van der Waals surface area (Å²) in [5, 5.41) is 7.46. The van der Waals surface area contributed by atoms with Crippen molar-refractivity contribution in [2.24, 2.45) is 5.92 Å². The Balaban J connectivity index is 1.25. The number of nitrogens with one attached hydrogen (secondary N) is 1. The molecule has 1 aliphatic carbocycles. The van der Waals surface area contributed by atoms with Gasteiger partial charge in [-0.15, -0.1) is 0 Å². The maximum absolute atomic E-state index is 13.0. The molecule has 2 aliphatic rings. The van der Waals surface area contributed by atoms with Crippen LogP contribution in [0.3, 0.4) is 0 Å². The van der Waals surface area contributed by atoms with Crippen molar-refractivity contribution in [3.8, 4) is 5.75 Å². The fourth-order valence-corrected chi connectivity index (χ4v) is 4.41. The predicted molar refractivity (Wildman–Crippen MR) is 109 cm³/mol. The van der Waals surface area contributed by atoms with Gasteiger partial charge < -0.3 is 10.1 Å². The highest BCUT2D eigenvalue weighted by Crippen LogP contribution is 2.31. The summed E-state index contributed by atoms with van der Waals surface area (Å²) in [6.45, 7) is 2.71. The topological polar surface area (TPSA) is 59.4 Å². The van der Waals surface area contributed by atoms with Crippen molar-refractivity contribution in [3.63, 3.8) is 0 Å². The lowest BCUT2D eigenvalue weighted by atomic mass is 9.99. The van der Waals surface area contributed by atoms with Crippen LogP contribution in [0.15, 0.2) is 36.5 Å². The van der Waals surface area contributed by atoms with Crippen LogP contribution in [-0.2, 0) is 4.79 Å². The smallest absolute Gasteiger partial charge is 0.239 e. The highest BCUT2D eigenvalue weighted by molar-refractivity contribution is 5.91. The van der Waals surface area contributed by atoms with E-state index in [1.54, 1.807) is 18.3 Å². The summed E-state index contributed by atoms with van der Waals surface area (Å²) in [4.78, 5) is 14.8. The third kappa shape index (κ3) is 5.35. The van der Waals surface area contributed by atoms with E-state index in [-0.39, 0.29) is 11.7 Å². The molecule has 29 heavy (non-hydrogen) atoms. The van der Waals surface area contributed by atoms with Gasteiger partial charge >= 0.3 is 0 Å². The van der Waals surface area contributed by atoms with Gasteiger partial charge in [0.2, 0.25) is 5.91 Å². The summed E-state index contributed by atoms with van der Waals surface area (Å²) in [5.41, 5.74) is 0. The second-order valence-corrected chi connectivity index (χ2v) is 8.16. The van der Waals surface area contributed by atoms with Crippen molar-refractivity contribution < 1.29 is 13.9 Å². The van der Waals surface area contributed by atoms with Gasteiger partial charge in [-0.25, -0.2) is 9.07 Å². The number of aromatic nitrogens is 2. The Hall–Kier alpha value is -2.41. The Bertz CT molecular complexity index is 801. The lowest BCUT2D eigenvalue weighted by Crippen LogP contribution is -2.42. The van der Waals surface area contributed by atoms with Gasteiger partial charge in [0.1, 0.15) is 17.4 Å². The lowest BCUT2D eigenvalue weighted by molar-refractivity contribution is -0.117. The summed E-state index contributed by atoms with van der Waals surface area (Å²) in [6.07, 6.45) is 8.61. The van der Waals surface area contributed by atoms with Gasteiger partial charge in [0.25, 0.3) is 0 Å². The van der Waals surface area contributed by atoms with Crippen molar-refractivity contribution >= 4 is 11.7 Å². The Morgan fingerprint density at radius 2 is 1.93 bits per heavy atom. The number of rotatable bonds is 7. The number of nitrogens with zero attached hydrogens (tertiary/aromatic N) is 3. The second-order valence-electron chi connectivity index (χ2n) is 8.16. The average Bonchev–Trinajstić information content (AvgIpc) is 3.39. The first-order valence-electron chi connectivity index (χ1n) is 10.6. The summed E-state index contributed by atoms with van der Waals surface area (Å²) >= 11 is 0. The fourth-order valence-electron chi connectivity index (χ4n) is 4.41. The molecule has 6 nitrogen and oxygen atoms in total. The third-order valence-electron chi connectivity index (χ3n) is 5.88. The van der Waals surface area contributed by atoms with Gasteiger partial charge in [-0.2, -0.15) is 5.10 Å². The van der Waals surface area contributed by atoms with Gasteiger partial charge in [-0.1, -0.05) is 12.8 Å². The molecule has 2 heterocycles. The Morgan fingerprint density at radius 1 is 1.14 bits per heavy atom. The summed E-state index contributed by atoms with van der Waals surface area (Å²) in [6, 6.07) is 8.40. The molecule has 0 spiro atoms. The van der Waals surface area contributed by atoms with Gasteiger partial charge in [0, 0.05) is 18.5 Å². The molecular formula is C22H29FN4O2. The lowest BCUT2D eigenvalue weighted by Gasteiger charge is -2.32. The number of carbonyl (C=O) groups is 1. The van der Waals surface area contributed by atoms with E-state index in [4.69, 9.17) is 4.74 Å². The monoisotopic (exact) mass is 400 g/mol. The van der Waals surface area contributed by atoms with Gasteiger partial charge in [-0.3, -0.25) is 9.69 Å². The van der Waals surface area contributed by atoms with Crippen LogP contribution in [0, 0.1) is 11.7 Å². The number of piperidine rings is 1. The van der Waals surface area contributed by atoms with Crippen LogP contribution in [0.25, 0.3) is 0 Å². The molecule has 1 amide bonds. The Kier molecular flexibility index (Phi) is 6.44. The van der Waals surface area contributed by atoms with E-state index < -0.39 is 0 Å². The zero-order valence-electron chi connectivity index (χ0n) is 16.7. The molecule has 0 unspecified atom stereocenters. The maximum atomic E-state index is 13.0. The van der Waals surface area contributed by atoms with E-state index >= 15 is 0 Å². The van der Waals surface area contributed by atoms with E-state index in [0.29, 0.717) is 30.9 Å². The number of halogens is 1. The minimum absolute atomic E-state index is 0.00449. The first-order chi connectivity index (χ1) is 14.2. The van der Waals surface area contributed by atoms with Crippen molar-refractivity contribution in [3.05, 3.63) is 42.3 Å². The molecule has 7 heteroatoms. The molecule has 1 aromatic heterocycles. The van der Waals surface area contributed by atoms with E-state index in [1.807, 2.05) is 10.7 Å². The minimum Gasteiger partial charge on any atom is -0.493 e. The Labute approximate surface area is 171 Å². The van der Waals surface area contributed by atoms with E-state index in [1.165, 1.54) is 25.0 Å². The van der Waals surface area contributed by atoms with E-state index in [9.17, 15) is 9.18 Å². The number of ether oxygens (including phenoxy) is 1. The van der Waals surface area contributed by atoms with Crippen molar-refractivity contribution in [2.45, 2.75) is 44.6 Å². The summed E-state index contributed by atoms with van der Waals surface area (Å²) in [7, 11) is 0. The van der Waals surface area contributed by atoms with Crippen LogP contribution < -0.4 is 10.1 Å². The molecule has 1 aromatic carbocycles. The van der Waals surface area contributed by atoms with Crippen molar-refractivity contribution in [2.75, 3.05) is 31.6 Å². The first kappa shape index (κ1) is 19.9. The molecule has 1 N–H and O–H groups in total. The third-order valence-corrected chi connectivity index (χ3v) is 5.88. The number of likely N-dealkylation sites (tertiary alicyclic amines) is 1. The molecule has 2 fully saturated rings. The number of amides is 1. The molecule has 0 radical (unpaired) electrons. The zero-order valence-corrected chi connectivity index (χ0v) is 16.7. The number of hydrogen-bond acceptors (Lipinski definition) is 4. The zero-order chi connectivity index (χ0) is 20.1. The predicted octanol–water partition coefficient (Wildman–Crippen LogP) is 3.87. The number of carbonyl (C=O) groups excluding carboxylic acids is 1. The largest absolute Gasteiger partial charge is 0.493 e. The standard InChI is InChI=1S/C22H29FN4O2/c23-18-7-9-20(10-8-18)29-16-17-4-3-13-26(14-17)15-22(28)25-21-11-12-24-27(21)19-5-1-2-6-19/h7-12,17,19H,1-6,13-16H2,(H,25,28)/t17-/m1/s1. The van der Waals surface area contributed by atoms with E-state index in [2.05, 4.69) is 15.3 Å². The molecule has 1 saturated heterocycles. The molecular weight excluding hydrogens is 371 g/mol. The van der Waals surface area contributed by atoms with Crippen LogP contribution in [0.2, 0.25) is 0 Å². The van der Waals surface area contributed by atoms with E-state index in [0.717, 1.165) is 44.6 Å².